The van der Waals surface area contributed by atoms with Gasteiger partial charge in [0, 0.05) is 80.4 Å². The molecule has 2 fully saturated rings. The first-order valence-corrected chi connectivity index (χ1v) is 22.0. The van der Waals surface area contributed by atoms with Gasteiger partial charge in [0.05, 0.1) is 17.1 Å². The molecule has 7 heterocycles. The van der Waals surface area contributed by atoms with E-state index < -0.39 is 12.1 Å². The van der Waals surface area contributed by atoms with Crippen LogP contribution in [-0.2, 0) is 30.9 Å². The van der Waals surface area contributed by atoms with Gasteiger partial charge in [-0.1, -0.05) is 48.0 Å². The van der Waals surface area contributed by atoms with Gasteiger partial charge < -0.3 is 24.8 Å². The molecule has 0 unspecified atom stereocenters. The van der Waals surface area contributed by atoms with Crippen LogP contribution >= 0.6 is 22.9 Å². The lowest BCUT2D eigenvalue weighted by molar-refractivity contribution is -0.145. The van der Waals surface area contributed by atoms with E-state index in [4.69, 9.17) is 26.1 Å². The number of aromatic nitrogens is 4. The van der Waals surface area contributed by atoms with E-state index in [-0.39, 0.29) is 30.8 Å². The first-order chi connectivity index (χ1) is 29.7. The van der Waals surface area contributed by atoms with Crippen LogP contribution in [0.25, 0.3) is 31.8 Å². The number of carboxylic acid groups (broad SMARTS) is 1. The monoisotopic (exact) mass is 862 g/mol. The van der Waals surface area contributed by atoms with Gasteiger partial charge >= 0.3 is 5.97 Å². The molecule has 0 aliphatic carbocycles. The third-order valence-electron chi connectivity index (χ3n) is 12.0. The fourth-order valence-corrected chi connectivity index (χ4v) is 9.90. The number of hydrogen-bond donors (Lipinski definition) is 2. The summed E-state index contributed by atoms with van der Waals surface area (Å²) < 4.78 is 27.2. The number of likely N-dealkylation sites (N-methyl/N-ethyl adjacent to an activating group) is 1. The van der Waals surface area contributed by atoms with Gasteiger partial charge in [0.25, 0.3) is 0 Å². The van der Waals surface area contributed by atoms with Gasteiger partial charge in [-0.05, 0) is 91.0 Å². The maximum absolute atomic E-state index is 14.2. The highest BCUT2D eigenvalue weighted by molar-refractivity contribution is 7.22. The molecule has 6 aromatic rings. The van der Waals surface area contributed by atoms with E-state index in [0.29, 0.717) is 39.6 Å². The number of aliphatic carboxylic acids is 1. The second-order valence-electron chi connectivity index (χ2n) is 16.2. The number of nitrogens with zero attached hydrogens (tertiary/aromatic N) is 7. The average Bonchev–Trinajstić information content (AvgIpc) is 3.95. The number of nitrogens with one attached hydrogen (secondary N) is 1. The summed E-state index contributed by atoms with van der Waals surface area (Å²) in [6, 6.07) is 18.4. The number of carbonyl (C=O) groups is 1. The van der Waals surface area contributed by atoms with Gasteiger partial charge in [0.15, 0.2) is 0 Å². The van der Waals surface area contributed by atoms with Crippen molar-refractivity contribution < 1.29 is 23.8 Å². The highest BCUT2D eigenvalue weighted by Crippen LogP contribution is 2.49. The lowest BCUT2D eigenvalue weighted by Gasteiger charge is -2.34. The van der Waals surface area contributed by atoms with Crippen LogP contribution in [0.3, 0.4) is 0 Å². The molecule has 15 heteroatoms. The quantitative estimate of drug-likeness (QED) is 0.149. The summed E-state index contributed by atoms with van der Waals surface area (Å²) in [5, 5.41) is 15.5. The number of benzene rings is 3. The number of thiophene rings is 1. The zero-order chi connectivity index (χ0) is 42.0. The predicted octanol–water partition coefficient (Wildman–Crippen LogP) is 7.56. The van der Waals surface area contributed by atoms with Crippen molar-refractivity contribution in [3.05, 3.63) is 118 Å². The van der Waals surface area contributed by atoms with Crippen LogP contribution in [0.1, 0.15) is 52.7 Å². The van der Waals surface area contributed by atoms with E-state index in [2.05, 4.69) is 54.1 Å². The minimum atomic E-state index is -1.34. The molecule has 2 saturated heterocycles. The van der Waals surface area contributed by atoms with Gasteiger partial charge in [-0.2, -0.15) is 0 Å². The summed E-state index contributed by atoms with van der Waals surface area (Å²) in [6.45, 7) is 10.1. The molecule has 0 spiro atoms. The Labute approximate surface area is 363 Å². The van der Waals surface area contributed by atoms with E-state index >= 15 is 0 Å². The summed E-state index contributed by atoms with van der Waals surface area (Å²) in [7, 11) is 2.16. The Hall–Kier alpha value is -5.09. The third-order valence-corrected chi connectivity index (χ3v) is 13.6. The molecule has 61 heavy (non-hydrogen) atoms. The Morgan fingerprint density at radius 1 is 1.00 bits per heavy atom. The summed E-state index contributed by atoms with van der Waals surface area (Å²) in [5.41, 5.74) is 6.63. The number of carboxylic acids is 1. The fraction of sp³-hybridized carbons (Fsp3) is 0.370. The molecule has 2 atom stereocenters. The second-order valence-corrected chi connectivity index (χ2v) is 17.6. The van der Waals surface area contributed by atoms with E-state index in [0.717, 1.165) is 108 Å². The standard InChI is InChI=1S/C46H48ClFN8O4S/c1-28-35-11-8-31(41(28)47)25-56(21-20-55-18-16-54(2)17-19-55)24-29-5-12-37(59-26-34-13-15-50-43(53-34)36-4-3-14-49-36)32(22-29)23-38(46(57)58)60-44-40-39(35)42(61-45(40)52-27-51-44)30-6-9-33(48)10-7-30/h5-13,15,22,27,36,38,49H,3-4,14,16-21,23-26H2,1-2H3,(H,57,58)/t36-,38+/m0/s1. The van der Waals surface area contributed by atoms with Crippen molar-refractivity contribution in [3.63, 3.8) is 0 Å². The van der Waals surface area contributed by atoms with Crippen LogP contribution in [0.5, 0.6) is 11.6 Å². The molecule has 0 amide bonds. The summed E-state index contributed by atoms with van der Waals surface area (Å²) >= 11 is 8.78. The van der Waals surface area contributed by atoms with Crippen LogP contribution in [0.15, 0.2) is 73.2 Å². The highest BCUT2D eigenvalue weighted by Gasteiger charge is 2.29. The zero-order valence-electron chi connectivity index (χ0n) is 34.2. The number of ether oxygens (including phenoxy) is 2. The molecule has 0 radical (unpaired) electrons. The smallest absolute Gasteiger partial charge is 0.345 e. The molecular formula is C46H48ClFN8O4S. The molecule has 316 valence electrons. The number of rotatable bonds is 9. The van der Waals surface area contributed by atoms with Crippen LogP contribution in [0.4, 0.5) is 4.39 Å². The summed E-state index contributed by atoms with van der Waals surface area (Å²) in [6.07, 6.45) is 3.85. The van der Waals surface area contributed by atoms with E-state index in [9.17, 15) is 14.3 Å². The minimum absolute atomic E-state index is 0.00475. The zero-order valence-corrected chi connectivity index (χ0v) is 35.8. The number of hydrogen-bond acceptors (Lipinski definition) is 12. The molecule has 4 bridgehead atoms. The maximum atomic E-state index is 14.2. The van der Waals surface area contributed by atoms with Gasteiger partial charge in [0.1, 0.15) is 35.2 Å². The Morgan fingerprint density at radius 2 is 1.82 bits per heavy atom. The molecule has 3 aromatic heterocycles. The van der Waals surface area contributed by atoms with Crippen LogP contribution in [0, 0.1) is 12.7 Å². The third kappa shape index (κ3) is 9.11. The molecule has 4 aliphatic rings. The van der Waals surface area contributed by atoms with Crippen LogP contribution in [0.2, 0.25) is 5.02 Å². The molecule has 0 saturated carbocycles. The van der Waals surface area contributed by atoms with Gasteiger partial charge in [-0.3, -0.25) is 9.80 Å². The Bertz CT molecular complexity index is 2540. The lowest BCUT2D eigenvalue weighted by Crippen LogP contribution is -2.46. The predicted molar refractivity (Wildman–Crippen MR) is 235 cm³/mol. The second kappa shape index (κ2) is 18.1. The molecule has 2 N–H and O–H groups in total. The molecule has 10 rings (SSSR count). The van der Waals surface area contributed by atoms with E-state index in [1.165, 1.54) is 29.8 Å². The minimum Gasteiger partial charge on any atom is -0.487 e. The molecule has 12 nitrogen and oxygen atoms in total. The fourth-order valence-electron chi connectivity index (χ4n) is 8.52. The van der Waals surface area contributed by atoms with Crippen molar-refractivity contribution >= 4 is 39.1 Å². The first kappa shape index (κ1) is 41.3. The van der Waals surface area contributed by atoms with E-state index in [1.807, 2.05) is 31.2 Å². The Morgan fingerprint density at radius 3 is 2.61 bits per heavy atom. The number of fused-ring (bicyclic) bond motifs is 6. The topological polar surface area (TPSA) is 129 Å². The van der Waals surface area contributed by atoms with Crippen molar-refractivity contribution in [2.24, 2.45) is 0 Å². The molecule has 3 aromatic carbocycles. The first-order valence-electron chi connectivity index (χ1n) is 20.8. The van der Waals surface area contributed by atoms with Crippen LogP contribution in [-0.4, -0.2) is 105 Å². The molecule has 4 aliphatic heterocycles. The van der Waals surface area contributed by atoms with Crippen molar-refractivity contribution in [1.82, 2.24) is 40.0 Å². The normalized spacial score (nSPS) is 19.0. The average molecular weight is 863 g/mol. The van der Waals surface area contributed by atoms with Gasteiger partial charge in [0.2, 0.25) is 12.0 Å². The summed E-state index contributed by atoms with van der Waals surface area (Å²) in [5.74, 6) is -0.0842. The lowest BCUT2D eigenvalue weighted by atomic mass is 9.94. The van der Waals surface area contributed by atoms with Crippen LogP contribution < -0.4 is 14.8 Å². The van der Waals surface area contributed by atoms with Crippen molar-refractivity contribution in [3.8, 4) is 33.2 Å². The number of piperazine rings is 1. The Balaban J connectivity index is 1.14. The van der Waals surface area contributed by atoms with Gasteiger partial charge in [-0.25, -0.2) is 29.1 Å². The van der Waals surface area contributed by atoms with Gasteiger partial charge in [-0.15, -0.1) is 11.3 Å². The Kier molecular flexibility index (Phi) is 12.2. The maximum Gasteiger partial charge on any atom is 0.345 e. The van der Waals surface area contributed by atoms with Crippen molar-refractivity contribution in [2.45, 2.75) is 58.0 Å². The largest absolute Gasteiger partial charge is 0.487 e. The highest BCUT2D eigenvalue weighted by atomic mass is 35.5. The van der Waals surface area contributed by atoms with Crippen molar-refractivity contribution in [1.29, 1.82) is 0 Å². The number of halogens is 2. The van der Waals surface area contributed by atoms with E-state index in [1.54, 1.807) is 18.3 Å². The molecular weight excluding hydrogens is 815 g/mol. The SMILES string of the molecule is Cc1c2ccc(c1Cl)CN(CCN1CCN(C)CC1)Cc1ccc(OCc3ccnc([C@@H]4CCCN4)n3)c(c1)C[C@H](C(=O)O)Oc1ncnc3sc(-c4ccc(F)cc4)c-2c13. The van der Waals surface area contributed by atoms with Crippen molar-refractivity contribution in [2.75, 3.05) is 52.9 Å². The summed E-state index contributed by atoms with van der Waals surface area (Å²) in [4.78, 5) is 40.4.